The zero-order chi connectivity index (χ0) is 31.4. The van der Waals surface area contributed by atoms with Gasteiger partial charge in [0.1, 0.15) is 5.60 Å². The molecule has 2 aromatic heterocycles. The third-order valence-electron chi connectivity index (χ3n) is 4.98. The minimum absolute atomic E-state index is 0.209. The summed E-state index contributed by atoms with van der Waals surface area (Å²) in [4.78, 5) is 27.4. The Kier molecular flexibility index (Phi) is 9.75. The molecular weight excluding hydrogens is 566 g/mol. The Bertz CT molecular complexity index is 1340. The van der Waals surface area contributed by atoms with E-state index < -0.39 is 83.1 Å². The summed E-state index contributed by atoms with van der Waals surface area (Å²) in [6, 6.07) is 0.209. The van der Waals surface area contributed by atoms with Gasteiger partial charge in [-0.25, -0.2) is 14.6 Å². The average molecular weight is 592 g/mol. The van der Waals surface area contributed by atoms with E-state index in [1.165, 1.54) is 39.8 Å². The van der Waals surface area contributed by atoms with Crippen molar-refractivity contribution in [1.29, 1.82) is 0 Å². The summed E-state index contributed by atoms with van der Waals surface area (Å²) in [5.41, 5.74) is -9.08. The summed E-state index contributed by atoms with van der Waals surface area (Å²) < 4.78 is 99.7. The van der Waals surface area contributed by atoms with E-state index in [4.69, 9.17) is 13.9 Å². The molecule has 0 radical (unpaired) electrons. The second-order valence-corrected chi connectivity index (χ2v) is 9.48. The Morgan fingerprint density at radius 3 is 2.24 bits per heavy atom. The van der Waals surface area contributed by atoms with Gasteiger partial charge in [-0.05, 0) is 39.3 Å². The van der Waals surface area contributed by atoms with Crippen molar-refractivity contribution in [3.63, 3.8) is 0 Å². The van der Waals surface area contributed by atoms with Crippen LogP contribution in [-0.4, -0.2) is 50.7 Å². The number of allylic oxidation sites excluding steroid dienone is 2. The Morgan fingerprint density at radius 2 is 1.76 bits per heavy atom. The number of nitrogens with zero attached hydrogens (tertiary/aromatic N) is 3. The Hall–Kier alpha value is -4.21. The van der Waals surface area contributed by atoms with E-state index in [1.54, 1.807) is 0 Å². The van der Waals surface area contributed by atoms with E-state index in [0.29, 0.717) is 5.57 Å². The molecule has 2 heterocycles. The summed E-state index contributed by atoms with van der Waals surface area (Å²) in [6.45, 7) is 12.0. The van der Waals surface area contributed by atoms with E-state index in [1.807, 2.05) is 5.32 Å². The Morgan fingerprint density at radius 1 is 1.12 bits per heavy atom. The maximum Gasteiger partial charge on any atom is 0.426 e. The second kappa shape index (κ2) is 12.1. The molecule has 0 aliphatic heterocycles. The smallest absolute Gasteiger partial charge is 0.426 e. The van der Waals surface area contributed by atoms with Crippen molar-refractivity contribution in [2.45, 2.75) is 57.7 Å². The highest BCUT2D eigenvalue weighted by Gasteiger charge is 2.60. The SMILES string of the molecule is C=C/C=C(\C)COC(CC=C)(c1nnc(-c2nc(C(=O)O)c(C(F)(F)F)cc2NC(=O)OC(C)(C)C)o1)C(F)(F)F. The van der Waals surface area contributed by atoms with Crippen LogP contribution in [0.1, 0.15) is 56.1 Å². The fraction of sp³-hybridized carbons (Fsp3) is 0.400. The van der Waals surface area contributed by atoms with E-state index in [-0.39, 0.29) is 6.07 Å². The highest BCUT2D eigenvalue weighted by Crippen LogP contribution is 2.46. The third-order valence-corrected chi connectivity index (χ3v) is 4.98. The molecule has 1 atom stereocenters. The molecule has 0 saturated heterocycles. The number of ether oxygens (including phenoxy) is 2. The number of carboxylic acids is 1. The summed E-state index contributed by atoms with van der Waals surface area (Å²) >= 11 is 0. The molecule has 0 fully saturated rings. The van der Waals surface area contributed by atoms with Crippen LogP contribution in [0, 0.1) is 0 Å². The topological polar surface area (TPSA) is 137 Å². The van der Waals surface area contributed by atoms with Crippen LogP contribution in [-0.2, 0) is 21.3 Å². The predicted molar refractivity (Wildman–Crippen MR) is 132 cm³/mol. The van der Waals surface area contributed by atoms with Crippen LogP contribution in [0.3, 0.4) is 0 Å². The molecule has 2 aromatic rings. The first-order valence-electron chi connectivity index (χ1n) is 11.6. The van der Waals surface area contributed by atoms with Crippen LogP contribution in [0.2, 0.25) is 0 Å². The van der Waals surface area contributed by atoms with Crippen molar-refractivity contribution in [2.75, 3.05) is 11.9 Å². The number of pyridine rings is 1. The molecule has 1 unspecified atom stereocenters. The quantitative estimate of drug-likeness (QED) is 0.176. The number of carbonyl (C=O) groups excluding carboxylic acids is 1. The van der Waals surface area contributed by atoms with Gasteiger partial charge in [-0.2, -0.15) is 26.3 Å². The first kappa shape index (κ1) is 33.0. The molecule has 2 N–H and O–H groups in total. The molecule has 0 aliphatic carbocycles. The molecule has 10 nitrogen and oxygen atoms in total. The van der Waals surface area contributed by atoms with Crippen molar-refractivity contribution in [2.24, 2.45) is 0 Å². The molecule has 0 aromatic carbocycles. The summed E-state index contributed by atoms with van der Waals surface area (Å²) in [7, 11) is 0. The van der Waals surface area contributed by atoms with E-state index in [2.05, 4.69) is 28.3 Å². The average Bonchev–Trinajstić information content (AvgIpc) is 3.29. The van der Waals surface area contributed by atoms with Crippen molar-refractivity contribution in [3.8, 4) is 11.6 Å². The molecule has 0 spiro atoms. The largest absolute Gasteiger partial charge is 0.476 e. The maximum absolute atomic E-state index is 14.4. The zero-order valence-corrected chi connectivity index (χ0v) is 22.2. The van der Waals surface area contributed by atoms with Crippen molar-refractivity contribution in [1.82, 2.24) is 15.2 Å². The van der Waals surface area contributed by atoms with Crippen molar-refractivity contribution >= 4 is 17.7 Å². The maximum atomic E-state index is 14.4. The van der Waals surface area contributed by atoms with E-state index in [9.17, 15) is 41.0 Å². The van der Waals surface area contributed by atoms with Crippen LogP contribution in [0.25, 0.3) is 11.6 Å². The molecular formula is C25H26F6N4O6. The lowest BCUT2D eigenvalue weighted by Gasteiger charge is -2.31. The van der Waals surface area contributed by atoms with Crippen molar-refractivity contribution < 1.29 is 54.9 Å². The summed E-state index contributed by atoms with van der Waals surface area (Å²) in [5.74, 6) is -4.28. The lowest BCUT2D eigenvalue weighted by atomic mass is 9.98. The third kappa shape index (κ3) is 7.93. The van der Waals surface area contributed by atoms with Crippen LogP contribution < -0.4 is 5.32 Å². The lowest BCUT2D eigenvalue weighted by Crippen LogP contribution is -2.45. The number of anilines is 1. The first-order chi connectivity index (χ1) is 18.8. The van der Waals surface area contributed by atoms with Crippen LogP contribution >= 0.6 is 0 Å². The number of halogens is 6. The van der Waals surface area contributed by atoms with Gasteiger partial charge in [-0.15, -0.1) is 16.8 Å². The predicted octanol–water partition coefficient (Wildman–Crippen LogP) is 6.68. The minimum Gasteiger partial charge on any atom is -0.476 e. The standard InChI is InChI=1S/C25H26F6N4O6/c1-7-9-13(3)12-39-23(10-8-2,25(29,30)31)20-35-34-18(40-20)17-15(32-21(38)41-22(4,5)6)11-14(24(26,27)28)16(33-17)19(36)37/h7-9,11H,1-2,10,12H2,3-6H3,(H,32,38)(H,36,37)/b13-9+. The second-order valence-electron chi connectivity index (χ2n) is 9.48. The molecule has 224 valence electrons. The normalized spacial score (nSPS) is 14.2. The number of aromatic nitrogens is 3. The monoisotopic (exact) mass is 592 g/mol. The molecule has 1 amide bonds. The molecule has 16 heteroatoms. The summed E-state index contributed by atoms with van der Waals surface area (Å²) in [5, 5.41) is 18.2. The fourth-order valence-corrected chi connectivity index (χ4v) is 3.26. The number of nitrogens with one attached hydrogen (secondary N) is 1. The lowest BCUT2D eigenvalue weighted by molar-refractivity contribution is -0.289. The first-order valence-corrected chi connectivity index (χ1v) is 11.6. The zero-order valence-electron chi connectivity index (χ0n) is 22.2. The minimum atomic E-state index is -5.26. The number of aromatic carboxylic acids is 1. The Balaban J connectivity index is 2.80. The number of carboxylic acid groups (broad SMARTS) is 1. The number of alkyl halides is 6. The molecule has 0 bridgehead atoms. The van der Waals surface area contributed by atoms with Gasteiger partial charge in [0.25, 0.3) is 11.8 Å². The number of carbonyl (C=O) groups is 2. The number of hydrogen-bond donors (Lipinski definition) is 2. The van der Waals surface area contributed by atoms with Crippen LogP contribution in [0.5, 0.6) is 0 Å². The molecule has 0 saturated carbocycles. The molecule has 2 rings (SSSR count). The molecule has 41 heavy (non-hydrogen) atoms. The van der Waals surface area contributed by atoms with Gasteiger partial charge >= 0.3 is 24.4 Å². The van der Waals surface area contributed by atoms with Gasteiger partial charge in [0.2, 0.25) is 5.60 Å². The van der Waals surface area contributed by atoms with Gasteiger partial charge in [0.05, 0.1) is 17.9 Å². The Labute approximate surface area is 229 Å². The molecule has 0 aliphatic rings. The highest BCUT2D eigenvalue weighted by molar-refractivity contribution is 5.93. The van der Waals surface area contributed by atoms with Gasteiger partial charge in [-0.3, -0.25) is 5.32 Å². The van der Waals surface area contributed by atoms with Crippen LogP contribution in [0.15, 0.2) is 47.4 Å². The van der Waals surface area contributed by atoms with E-state index in [0.717, 1.165) is 6.08 Å². The number of rotatable bonds is 10. The van der Waals surface area contributed by atoms with Crippen LogP contribution in [0.4, 0.5) is 36.8 Å². The number of amides is 1. The number of hydrogen-bond acceptors (Lipinski definition) is 8. The van der Waals surface area contributed by atoms with Gasteiger partial charge in [0, 0.05) is 6.42 Å². The van der Waals surface area contributed by atoms with Crippen molar-refractivity contribution in [3.05, 3.63) is 60.2 Å². The van der Waals surface area contributed by atoms with Gasteiger partial charge < -0.3 is 19.0 Å². The highest BCUT2D eigenvalue weighted by atomic mass is 19.4. The van der Waals surface area contributed by atoms with Gasteiger partial charge in [0.15, 0.2) is 11.4 Å². The van der Waals surface area contributed by atoms with Gasteiger partial charge in [-0.1, -0.05) is 24.8 Å². The summed E-state index contributed by atoms with van der Waals surface area (Å²) in [6.07, 6.45) is -9.08. The van der Waals surface area contributed by atoms with E-state index >= 15 is 0 Å². The fourth-order valence-electron chi connectivity index (χ4n) is 3.26.